The number of halogens is 1. The van der Waals surface area contributed by atoms with E-state index in [1.807, 2.05) is 11.8 Å². The van der Waals surface area contributed by atoms with Crippen molar-refractivity contribution in [1.82, 2.24) is 4.98 Å². The normalized spacial score (nSPS) is 11.0. The number of benzene rings is 1. The van der Waals surface area contributed by atoms with Crippen molar-refractivity contribution < 1.29 is 19.1 Å². The molecule has 0 aliphatic rings. The van der Waals surface area contributed by atoms with Gasteiger partial charge in [0, 0.05) is 26.1 Å². The van der Waals surface area contributed by atoms with Crippen molar-refractivity contribution in [3.8, 4) is 17.9 Å². The summed E-state index contributed by atoms with van der Waals surface area (Å²) < 4.78 is 10.4. The summed E-state index contributed by atoms with van der Waals surface area (Å²) in [5.41, 5.74) is 1.14. The summed E-state index contributed by atoms with van der Waals surface area (Å²) in [5, 5.41) is 29.5. The minimum absolute atomic E-state index is 0.0390. The van der Waals surface area contributed by atoms with E-state index in [2.05, 4.69) is 26.6 Å². The fourth-order valence-corrected chi connectivity index (χ4v) is 4.00. The molecule has 0 radical (unpaired) electrons. The van der Waals surface area contributed by atoms with E-state index in [1.165, 1.54) is 20.1 Å². The molecule has 1 aromatic carbocycles. The average molecular weight is 530 g/mol. The van der Waals surface area contributed by atoms with Gasteiger partial charge in [-0.15, -0.1) is 10.2 Å². The third kappa shape index (κ3) is 7.50. The number of amides is 1. The first-order valence-electron chi connectivity index (χ1n) is 10.8. The molecule has 0 bridgehead atoms. The number of aromatic nitrogens is 1. The number of hydrogen-bond acceptors (Lipinski definition) is 11. The number of methoxy groups -OCH3 is 1. The van der Waals surface area contributed by atoms with E-state index in [1.54, 1.807) is 25.1 Å². The lowest BCUT2D eigenvalue weighted by molar-refractivity contribution is -0.137. The monoisotopic (exact) mass is 529 g/mol. The molecule has 0 fully saturated rings. The van der Waals surface area contributed by atoms with E-state index in [-0.39, 0.29) is 28.4 Å². The molecule has 2 aromatic rings. The third-order valence-electron chi connectivity index (χ3n) is 4.56. The molecule has 2 rings (SSSR count). The van der Waals surface area contributed by atoms with Crippen molar-refractivity contribution in [2.75, 3.05) is 37.0 Å². The van der Waals surface area contributed by atoms with Gasteiger partial charge >= 0.3 is 5.97 Å². The van der Waals surface area contributed by atoms with Crippen LogP contribution >= 0.6 is 22.9 Å². The second-order valence-corrected chi connectivity index (χ2v) is 8.32. The summed E-state index contributed by atoms with van der Waals surface area (Å²) in [7, 11) is 1.51. The van der Waals surface area contributed by atoms with E-state index in [0.717, 1.165) is 11.3 Å². The zero-order chi connectivity index (χ0) is 26.7. The summed E-state index contributed by atoms with van der Waals surface area (Å²) in [6, 6.07) is 7.22. The van der Waals surface area contributed by atoms with Gasteiger partial charge in [0.25, 0.3) is 0 Å². The minimum Gasteiger partial charge on any atom is -0.494 e. The van der Waals surface area contributed by atoms with Gasteiger partial charge in [0.1, 0.15) is 28.2 Å². The Morgan fingerprint density at radius 2 is 2.06 bits per heavy atom. The lowest BCUT2D eigenvalue weighted by Gasteiger charge is -2.25. The molecule has 1 N–H and O–H groups in total. The topological polar surface area (TPSA) is 153 Å². The van der Waals surface area contributed by atoms with Crippen LogP contribution in [0.3, 0.4) is 0 Å². The zero-order valence-electron chi connectivity index (χ0n) is 20.2. The van der Waals surface area contributed by atoms with E-state index in [9.17, 15) is 14.9 Å². The molecule has 0 spiro atoms. The molecular weight excluding hydrogens is 506 g/mol. The lowest BCUT2D eigenvalue weighted by atomic mass is 10.2. The molecule has 0 aliphatic carbocycles. The third-order valence-corrected chi connectivity index (χ3v) is 5.84. The standard InChI is InChI=1S/C23H24ClN7O4S/c1-5-31(9-7-8-25)18-11-16(27-14(3)32)17(12-19(18)34-4)29-30-23-28-21(24)20(36-23)10-15(13-26)22(33)35-6-2/h10-12H,5-7,9H2,1-4H3,(H,27,32)/b15-10+,30-29?. The van der Waals surface area contributed by atoms with Gasteiger partial charge in [-0.1, -0.05) is 22.9 Å². The van der Waals surface area contributed by atoms with Crippen molar-refractivity contribution in [3.63, 3.8) is 0 Å². The first-order chi connectivity index (χ1) is 17.3. The van der Waals surface area contributed by atoms with Crippen LogP contribution in [0.25, 0.3) is 6.08 Å². The molecule has 0 saturated carbocycles. The second kappa shape index (κ2) is 13.8. The largest absolute Gasteiger partial charge is 0.494 e. The number of thiazole rings is 1. The number of esters is 1. The van der Waals surface area contributed by atoms with E-state index >= 15 is 0 Å². The van der Waals surface area contributed by atoms with Crippen molar-refractivity contribution in [2.45, 2.75) is 27.2 Å². The van der Waals surface area contributed by atoms with Crippen molar-refractivity contribution in [1.29, 1.82) is 10.5 Å². The van der Waals surface area contributed by atoms with Crippen LogP contribution in [0.4, 0.5) is 22.2 Å². The minimum atomic E-state index is -0.768. The van der Waals surface area contributed by atoms with Crippen LogP contribution in [0.2, 0.25) is 5.15 Å². The Labute approximate surface area is 217 Å². The summed E-state index contributed by atoms with van der Waals surface area (Å²) in [5.74, 6) is -0.599. The van der Waals surface area contributed by atoms with Crippen LogP contribution in [-0.2, 0) is 14.3 Å². The van der Waals surface area contributed by atoms with Gasteiger partial charge in [0.05, 0.1) is 42.5 Å². The summed E-state index contributed by atoms with van der Waals surface area (Å²) in [6.45, 7) is 6.17. The zero-order valence-corrected chi connectivity index (χ0v) is 21.7. The van der Waals surface area contributed by atoms with Crippen LogP contribution < -0.4 is 15.0 Å². The van der Waals surface area contributed by atoms with Gasteiger partial charge in [-0.2, -0.15) is 10.5 Å². The van der Waals surface area contributed by atoms with Gasteiger partial charge in [-0.05, 0) is 26.0 Å². The Kier molecular flexibility index (Phi) is 10.8. The lowest BCUT2D eigenvalue weighted by Crippen LogP contribution is -2.24. The van der Waals surface area contributed by atoms with Crippen molar-refractivity contribution >= 4 is 63.1 Å². The highest BCUT2D eigenvalue weighted by molar-refractivity contribution is 7.16. The maximum atomic E-state index is 11.9. The molecule has 13 heteroatoms. The van der Waals surface area contributed by atoms with Gasteiger partial charge < -0.3 is 19.7 Å². The molecule has 1 heterocycles. The van der Waals surface area contributed by atoms with Crippen LogP contribution in [0.1, 0.15) is 32.1 Å². The van der Waals surface area contributed by atoms with Crippen molar-refractivity contribution in [3.05, 3.63) is 27.7 Å². The van der Waals surface area contributed by atoms with E-state index < -0.39 is 5.97 Å². The number of ether oxygens (including phenoxy) is 2. The van der Waals surface area contributed by atoms with Gasteiger partial charge in [-0.3, -0.25) is 4.79 Å². The molecule has 36 heavy (non-hydrogen) atoms. The maximum absolute atomic E-state index is 11.9. The number of azo groups is 1. The van der Waals surface area contributed by atoms with Crippen LogP contribution in [0.5, 0.6) is 5.75 Å². The summed E-state index contributed by atoms with van der Waals surface area (Å²) >= 11 is 7.17. The first kappa shape index (κ1) is 28.2. The average Bonchev–Trinajstić information content (AvgIpc) is 3.20. The molecule has 0 unspecified atom stereocenters. The molecule has 188 valence electrons. The number of rotatable bonds is 11. The fourth-order valence-electron chi connectivity index (χ4n) is 2.98. The van der Waals surface area contributed by atoms with Gasteiger partial charge in [0.2, 0.25) is 11.0 Å². The second-order valence-electron chi connectivity index (χ2n) is 6.95. The Morgan fingerprint density at radius 1 is 1.31 bits per heavy atom. The number of nitrogens with zero attached hydrogens (tertiary/aromatic N) is 6. The smallest absolute Gasteiger partial charge is 0.348 e. The molecule has 0 saturated heterocycles. The van der Waals surface area contributed by atoms with Gasteiger partial charge in [-0.25, -0.2) is 9.78 Å². The predicted molar refractivity (Wildman–Crippen MR) is 137 cm³/mol. The molecule has 11 nitrogen and oxygen atoms in total. The highest BCUT2D eigenvalue weighted by atomic mass is 35.5. The number of nitriles is 2. The molecule has 1 amide bonds. The molecular formula is C23H24ClN7O4S. The summed E-state index contributed by atoms with van der Waals surface area (Å²) in [4.78, 5) is 30.1. The quantitative estimate of drug-likeness (QED) is 0.176. The molecule has 0 aliphatic heterocycles. The first-order valence-corrected chi connectivity index (χ1v) is 12.0. The van der Waals surface area contributed by atoms with Crippen molar-refractivity contribution in [2.24, 2.45) is 10.2 Å². The Morgan fingerprint density at radius 3 is 2.64 bits per heavy atom. The number of anilines is 2. The van der Waals surface area contributed by atoms with Crippen LogP contribution in [0.15, 0.2) is 27.9 Å². The maximum Gasteiger partial charge on any atom is 0.348 e. The van der Waals surface area contributed by atoms with E-state index in [0.29, 0.717) is 47.2 Å². The van der Waals surface area contributed by atoms with Gasteiger partial charge in [0.15, 0.2) is 0 Å². The van der Waals surface area contributed by atoms with E-state index in [4.69, 9.17) is 26.3 Å². The Bertz CT molecular complexity index is 1260. The Balaban J connectivity index is 2.47. The molecule has 0 atom stereocenters. The fraction of sp³-hybridized carbons (Fsp3) is 0.348. The van der Waals surface area contributed by atoms with Crippen LogP contribution in [-0.4, -0.2) is 43.7 Å². The number of nitrogens with one attached hydrogen (secondary N) is 1. The number of hydrogen-bond donors (Lipinski definition) is 1. The SMILES string of the molecule is CCOC(=O)/C(C#N)=C/c1sc(N=Nc2cc(OC)c(N(CC)CCC#N)cc2NC(C)=O)nc1Cl. The number of carbonyl (C=O) groups excluding carboxylic acids is 2. The summed E-state index contributed by atoms with van der Waals surface area (Å²) in [6.07, 6.45) is 1.59. The van der Waals surface area contributed by atoms with Crippen LogP contribution in [0, 0.1) is 22.7 Å². The predicted octanol–water partition coefficient (Wildman–Crippen LogP) is 5.39. The Hall–Kier alpha value is -4.00. The molecule has 1 aromatic heterocycles. The highest BCUT2D eigenvalue weighted by Crippen LogP contribution is 2.40. The highest BCUT2D eigenvalue weighted by Gasteiger charge is 2.17. The number of carbonyl (C=O) groups is 2.